The van der Waals surface area contributed by atoms with Gasteiger partial charge in [-0.25, -0.2) is 0 Å². The number of nitrogens with zero attached hydrogens (tertiary/aromatic N) is 2. The zero-order valence-electron chi connectivity index (χ0n) is 15.5. The summed E-state index contributed by atoms with van der Waals surface area (Å²) >= 11 is 0. The third-order valence-corrected chi connectivity index (χ3v) is 5.11. The summed E-state index contributed by atoms with van der Waals surface area (Å²) in [4.78, 5) is 6.77. The molecule has 1 aromatic rings. The highest BCUT2D eigenvalue weighted by Gasteiger charge is 2.32. The van der Waals surface area contributed by atoms with E-state index in [4.69, 9.17) is 9.47 Å². The van der Waals surface area contributed by atoms with Gasteiger partial charge in [-0.1, -0.05) is 31.2 Å². The van der Waals surface area contributed by atoms with Crippen LogP contribution in [0.4, 0.5) is 0 Å². The van der Waals surface area contributed by atoms with E-state index in [1.165, 1.54) is 11.1 Å². The second-order valence-corrected chi connectivity index (χ2v) is 6.80. The summed E-state index contributed by atoms with van der Waals surface area (Å²) in [5, 5.41) is 3.51. The Bertz CT molecular complexity index is 553. The molecule has 2 aliphatic rings. The Hall–Kier alpha value is -1.59. The van der Waals surface area contributed by atoms with Gasteiger partial charge in [0.1, 0.15) is 6.10 Å². The van der Waals surface area contributed by atoms with E-state index < -0.39 is 0 Å². The number of rotatable bonds is 5. The summed E-state index contributed by atoms with van der Waals surface area (Å²) in [7, 11) is 1.86. The molecule has 0 amide bonds. The van der Waals surface area contributed by atoms with Crippen LogP contribution in [0, 0.1) is 0 Å². The maximum absolute atomic E-state index is 5.93. The lowest BCUT2D eigenvalue weighted by Gasteiger charge is -2.37. The van der Waals surface area contributed by atoms with E-state index in [2.05, 4.69) is 46.4 Å². The normalized spacial score (nSPS) is 24.6. The van der Waals surface area contributed by atoms with Crippen LogP contribution in [-0.4, -0.2) is 63.0 Å². The van der Waals surface area contributed by atoms with Gasteiger partial charge in [-0.15, -0.1) is 0 Å². The average molecular weight is 345 g/mol. The van der Waals surface area contributed by atoms with Crippen molar-refractivity contribution in [3.63, 3.8) is 0 Å². The minimum absolute atomic E-state index is 0.163. The highest BCUT2D eigenvalue weighted by molar-refractivity contribution is 5.80. The van der Waals surface area contributed by atoms with Crippen molar-refractivity contribution in [2.24, 2.45) is 4.99 Å². The van der Waals surface area contributed by atoms with Gasteiger partial charge < -0.3 is 19.7 Å². The van der Waals surface area contributed by atoms with Crippen LogP contribution in [0.15, 0.2) is 29.3 Å². The zero-order chi connectivity index (χ0) is 17.5. The van der Waals surface area contributed by atoms with E-state index in [0.29, 0.717) is 0 Å². The van der Waals surface area contributed by atoms with Crippen molar-refractivity contribution < 1.29 is 9.47 Å². The number of ether oxygens (including phenoxy) is 2. The van der Waals surface area contributed by atoms with Gasteiger partial charge in [-0.2, -0.15) is 0 Å². The Kier molecular flexibility index (Phi) is 6.70. The van der Waals surface area contributed by atoms with Crippen molar-refractivity contribution in [2.75, 3.05) is 39.9 Å². The molecule has 2 heterocycles. The lowest BCUT2D eigenvalue weighted by molar-refractivity contribution is -0.0816. The number of aryl methyl sites for hydroxylation is 1. The van der Waals surface area contributed by atoms with E-state index in [1.54, 1.807) is 0 Å². The predicted molar refractivity (Wildman–Crippen MR) is 101 cm³/mol. The molecular weight excluding hydrogens is 314 g/mol. The average Bonchev–Trinajstić information content (AvgIpc) is 3.21. The number of hydrogen-bond acceptors (Lipinski definition) is 3. The molecule has 2 aliphatic heterocycles. The van der Waals surface area contributed by atoms with Crippen molar-refractivity contribution in [3.05, 3.63) is 35.4 Å². The zero-order valence-corrected chi connectivity index (χ0v) is 15.5. The van der Waals surface area contributed by atoms with E-state index in [0.717, 1.165) is 64.5 Å². The maximum atomic E-state index is 5.93. The van der Waals surface area contributed by atoms with Crippen molar-refractivity contribution in [3.8, 4) is 0 Å². The Balaban J connectivity index is 1.48. The highest BCUT2D eigenvalue weighted by atomic mass is 16.5. The van der Waals surface area contributed by atoms with Gasteiger partial charge in [0.25, 0.3) is 0 Å². The topological polar surface area (TPSA) is 46.1 Å². The quantitative estimate of drug-likeness (QED) is 0.657. The van der Waals surface area contributed by atoms with Crippen LogP contribution < -0.4 is 5.32 Å². The number of aliphatic imine (C=N–C) groups is 1. The van der Waals surface area contributed by atoms with Gasteiger partial charge in [0, 0.05) is 33.3 Å². The lowest BCUT2D eigenvalue weighted by atomic mass is 10.1. The molecule has 5 nitrogen and oxygen atoms in total. The highest BCUT2D eigenvalue weighted by Crippen LogP contribution is 2.21. The molecule has 1 N–H and O–H groups in total. The van der Waals surface area contributed by atoms with E-state index in [1.807, 2.05) is 7.05 Å². The molecule has 0 saturated carbocycles. The van der Waals surface area contributed by atoms with Crippen molar-refractivity contribution in [1.29, 1.82) is 0 Å². The molecule has 138 valence electrons. The van der Waals surface area contributed by atoms with Gasteiger partial charge in [-0.05, 0) is 36.8 Å². The van der Waals surface area contributed by atoms with E-state index >= 15 is 0 Å². The van der Waals surface area contributed by atoms with Crippen molar-refractivity contribution in [1.82, 2.24) is 10.2 Å². The minimum Gasteiger partial charge on any atom is -0.375 e. The second kappa shape index (κ2) is 9.20. The molecule has 2 fully saturated rings. The number of morpholine rings is 1. The summed E-state index contributed by atoms with van der Waals surface area (Å²) in [5.74, 6) is 0.969. The molecule has 1 aromatic carbocycles. The first-order valence-corrected chi connectivity index (χ1v) is 9.56. The minimum atomic E-state index is 0.163. The number of guanidine groups is 1. The van der Waals surface area contributed by atoms with Gasteiger partial charge in [-0.3, -0.25) is 4.99 Å². The molecule has 3 rings (SSSR count). The largest absolute Gasteiger partial charge is 0.375 e. The summed E-state index contributed by atoms with van der Waals surface area (Å²) in [5.41, 5.74) is 2.75. The SMILES string of the molecule is CCc1ccc(CCNC(=NC)N2CCOC(C3CCCO3)C2)cc1. The molecule has 0 bridgehead atoms. The Morgan fingerprint density at radius 1 is 1.16 bits per heavy atom. The second-order valence-electron chi connectivity index (χ2n) is 6.80. The van der Waals surface area contributed by atoms with Crippen molar-refractivity contribution in [2.45, 2.75) is 44.8 Å². The predicted octanol–water partition coefficient (Wildman–Crippen LogP) is 2.25. The van der Waals surface area contributed by atoms with E-state index in [9.17, 15) is 0 Å². The number of nitrogens with one attached hydrogen (secondary N) is 1. The van der Waals surface area contributed by atoms with Crippen LogP contribution in [0.3, 0.4) is 0 Å². The van der Waals surface area contributed by atoms with Crippen LogP contribution in [0.5, 0.6) is 0 Å². The summed E-state index contributed by atoms with van der Waals surface area (Å²) in [6.45, 7) is 6.43. The van der Waals surface area contributed by atoms with Crippen LogP contribution in [0.1, 0.15) is 30.9 Å². The van der Waals surface area contributed by atoms with Gasteiger partial charge in [0.15, 0.2) is 5.96 Å². The first-order valence-electron chi connectivity index (χ1n) is 9.56. The van der Waals surface area contributed by atoms with Crippen LogP contribution in [-0.2, 0) is 22.3 Å². The summed E-state index contributed by atoms with van der Waals surface area (Å²) < 4.78 is 11.7. The van der Waals surface area contributed by atoms with Crippen molar-refractivity contribution >= 4 is 5.96 Å². The van der Waals surface area contributed by atoms with Gasteiger partial charge in [0.05, 0.1) is 12.7 Å². The number of hydrogen-bond donors (Lipinski definition) is 1. The third-order valence-electron chi connectivity index (χ3n) is 5.11. The Morgan fingerprint density at radius 3 is 2.60 bits per heavy atom. The molecule has 0 radical (unpaired) electrons. The first-order chi connectivity index (χ1) is 12.3. The molecular formula is C20H31N3O2. The fourth-order valence-corrected chi connectivity index (χ4v) is 3.58. The molecule has 2 atom stereocenters. The third kappa shape index (κ3) is 4.95. The molecule has 5 heteroatoms. The lowest BCUT2D eigenvalue weighted by Crippen LogP contribution is -2.53. The Morgan fingerprint density at radius 2 is 1.92 bits per heavy atom. The molecule has 2 saturated heterocycles. The summed E-state index contributed by atoms with van der Waals surface area (Å²) in [6, 6.07) is 8.90. The molecule has 25 heavy (non-hydrogen) atoms. The molecule has 0 aliphatic carbocycles. The molecule has 0 aromatic heterocycles. The van der Waals surface area contributed by atoms with E-state index in [-0.39, 0.29) is 12.2 Å². The standard InChI is InChI=1S/C20H31N3O2/c1-3-16-6-8-17(9-7-16)10-11-22-20(21-2)23-12-14-25-19(15-23)18-5-4-13-24-18/h6-9,18-19H,3-5,10-15H2,1-2H3,(H,21,22). The maximum Gasteiger partial charge on any atom is 0.193 e. The smallest absolute Gasteiger partial charge is 0.193 e. The fourth-order valence-electron chi connectivity index (χ4n) is 3.58. The summed E-state index contributed by atoms with van der Waals surface area (Å²) in [6.07, 6.45) is 4.76. The molecule has 0 spiro atoms. The van der Waals surface area contributed by atoms with Crippen LogP contribution in [0.2, 0.25) is 0 Å². The van der Waals surface area contributed by atoms with Gasteiger partial charge in [0.2, 0.25) is 0 Å². The van der Waals surface area contributed by atoms with Crippen LogP contribution >= 0.6 is 0 Å². The number of benzene rings is 1. The fraction of sp³-hybridized carbons (Fsp3) is 0.650. The first kappa shape index (κ1) is 18.2. The van der Waals surface area contributed by atoms with Gasteiger partial charge >= 0.3 is 0 Å². The van der Waals surface area contributed by atoms with Crippen LogP contribution in [0.25, 0.3) is 0 Å². The Labute approximate surface area is 151 Å². The monoisotopic (exact) mass is 345 g/mol. The molecule has 2 unspecified atom stereocenters.